The number of carbonyl (C=O) groups excluding carboxylic acids is 1. The molecule has 1 aromatic carbocycles. The van der Waals surface area contributed by atoms with Crippen LogP contribution >= 0.6 is 11.6 Å². The minimum absolute atomic E-state index is 0.226. The van der Waals surface area contributed by atoms with Crippen molar-refractivity contribution in [2.75, 3.05) is 0 Å². The lowest BCUT2D eigenvalue weighted by Gasteiger charge is -2.34. The summed E-state index contributed by atoms with van der Waals surface area (Å²) in [4.78, 5) is 13.2. The number of benzene rings is 1. The molecule has 4 heteroatoms. The Morgan fingerprint density at radius 3 is 2.52 bits per heavy atom. The van der Waals surface area contributed by atoms with Gasteiger partial charge in [-0.2, -0.15) is 0 Å². The highest BCUT2D eigenvalue weighted by molar-refractivity contribution is 6.30. The third-order valence-electron chi connectivity index (χ3n) is 6.08. The maximum Gasteiger partial charge on any atom is 0.230 e. The number of carbonyl (C=O) groups is 1. The van der Waals surface area contributed by atoms with E-state index in [4.69, 9.17) is 11.6 Å². The number of amides is 1. The molecular weight excluding hydrogens is 308 g/mol. The molecule has 2 bridgehead atoms. The number of rotatable bonds is 3. The van der Waals surface area contributed by atoms with Crippen LogP contribution in [0.3, 0.4) is 0 Å². The van der Waals surface area contributed by atoms with Crippen LogP contribution in [0.2, 0.25) is 5.02 Å². The first-order chi connectivity index (χ1) is 11.2. The summed E-state index contributed by atoms with van der Waals surface area (Å²) in [5, 5.41) is 7.76. The van der Waals surface area contributed by atoms with E-state index in [0.29, 0.717) is 18.1 Å². The lowest BCUT2D eigenvalue weighted by Crippen LogP contribution is -2.52. The van der Waals surface area contributed by atoms with Crippen molar-refractivity contribution in [3.63, 3.8) is 0 Å². The fourth-order valence-electron chi connectivity index (χ4n) is 4.91. The van der Waals surface area contributed by atoms with Gasteiger partial charge in [0, 0.05) is 23.1 Å². The van der Waals surface area contributed by atoms with E-state index < -0.39 is 0 Å². The first kappa shape index (κ1) is 15.5. The molecule has 1 saturated carbocycles. The van der Waals surface area contributed by atoms with Crippen LogP contribution in [0.4, 0.5) is 0 Å². The number of piperidine rings is 1. The highest BCUT2D eigenvalue weighted by atomic mass is 35.5. The number of hydrogen-bond acceptors (Lipinski definition) is 2. The molecule has 1 aromatic rings. The van der Waals surface area contributed by atoms with Crippen molar-refractivity contribution < 1.29 is 4.79 Å². The maximum atomic E-state index is 13.2. The van der Waals surface area contributed by atoms with Crippen molar-refractivity contribution in [1.82, 2.24) is 10.6 Å². The van der Waals surface area contributed by atoms with Crippen molar-refractivity contribution >= 4 is 17.5 Å². The van der Waals surface area contributed by atoms with Gasteiger partial charge in [0.1, 0.15) is 0 Å². The van der Waals surface area contributed by atoms with Crippen LogP contribution in [0.1, 0.15) is 56.9 Å². The smallest absolute Gasteiger partial charge is 0.230 e. The maximum absolute atomic E-state index is 13.2. The average molecular weight is 333 g/mol. The van der Waals surface area contributed by atoms with E-state index in [1.807, 2.05) is 18.2 Å². The lowest BCUT2D eigenvalue weighted by molar-refractivity contribution is -0.127. The van der Waals surface area contributed by atoms with E-state index in [2.05, 4.69) is 16.7 Å². The Kier molecular flexibility index (Phi) is 4.10. The molecule has 4 rings (SSSR count). The molecule has 0 spiro atoms. The molecule has 1 aliphatic carbocycles. The van der Waals surface area contributed by atoms with E-state index in [1.54, 1.807) is 0 Å². The molecule has 2 aliphatic heterocycles. The first-order valence-corrected chi connectivity index (χ1v) is 9.37. The van der Waals surface area contributed by atoms with Gasteiger partial charge < -0.3 is 10.6 Å². The third-order valence-corrected chi connectivity index (χ3v) is 6.31. The molecule has 124 valence electrons. The summed E-state index contributed by atoms with van der Waals surface area (Å²) < 4.78 is 0. The van der Waals surface area contributed by atoms with E-state index in [0.717, 1.165) is 49.1 Å². The number of halogens is 1. The molecule has 3 nitrogen and oxygen atoms in total. The summed E-state index contributed by atoms with van der Waals surface area (Å²) >= 11 is 6.19. The highest BCUT2D eigenvalue weighted by Crippen LogP contribution is 2.42. The molecule has 2 heterocycles. The summed E-state index contributed by atoms with van der Waals surface area (Å²) in [7, 11) is 0. The SMILES string of the molecule is O=C(NC1CC2CCC(C1)N2)C1(c2cccc(Cl)c2)CCCC1. The third kappa shape index (κ3) is 2.89. The van der Waals surface area contributed by atoms with Gasteiger partial charge in [0.15, 0.2) is 0 Å². The van der Waals surface area contributed by atoms with Crippen molar-refractivity contribution in [1.29, 1.82) is 0 Å². The van der Waals surface area contributed by atoms with Gasteiger partial charge in [0.2, 0.25) is 5.91 Å². The van der Waals surface area contributed by atoms with Gasteiger partial charge in [-0.15, -0.1) is 0 Å². The van der Waals surface area contributed by atoms with Crippen molar-refractivity contribution in [3.05, 3.63) is 34.9 Å². The zero-order valence-corrected chi connectivity index (χ0v) is 14.2. The van der Waals surface area contributed by atoms with E-state index >= 15 is 0 Å². The summed E-state index contributed by atoms with van der Waals surface area (Å²) in [5.74, 6) is 0.226. The second-order valence-electron chi connectivity index (χ2n) is 7.58. The van der Waals surface area contributed by atoms with Crippen LogP contribution in [0, 0.1) is 0 Å². The number of fused-ring (bicyclic) bond motifs is 2. The molecular formula is C19H25ClN2O. The van der Waals surface area contributed by atoms with Gasteiger partial charge in [-0.25, -0.2) is 0 Å². The van der Waals surface area contributed by atoms with Crippen LogP contribution < -0.4 is 10.6 Å². The first-order valence-electron chi connectivity index (χ1n) is 8.99. The van der Waals surface area contributed by atoms with Gasteiger partial charge in [-0.1, -0.05) is 36.6 Å². The molecule has 0 aromatic heterocycles. The topological polar surface area (TPSA) is 41.1 Å². The largest absolute Gasteiger partial charge is 0.352 e. The Morgan fingerprint density at radius 1 is 1.17 bits per heavy atom. The Morgan fingerprint density at radius 2 is 1.87 bits per heavy atom. The average Bonchev–Trinajstić information content (AvgIpc) is 3.15. The van der Waals surface area contributed by atoms with Crippen LogP contribution in [-0.2, 0) is 10.2 Å². The zero-order chi connectivity index (χ0) is 15.9. The molecule has 2 unspecified atom stereocenters. The predicted molar refractivity (Wildman–Crippen MR) is 92.7 cm³/mol. The normalized spacial score (nSPS) is 32.0. The quantitative estimate of drug-likeness (QED) is 0.888. The standard InChI is InChI=1S/C19H25ClN2O/c20-14-5-3-4-13(10-14)19(8-1-2-9-19)18(23)22-17-11-15-6-7-16(12-17)21-15/h3-5,10,15-17,21H,1-2,6-9,11-12H2,(H,22,23). The Labute approximate surface area is 143 Å². The van der Waals surface area contributed by atoms with E-state index in [9.17, 15) is 4.79 Å². The second-order valence-corrected chi connectivity index (χ2v) is 8.02. The Hall–Kier alpha value is -1.06. The van der Waals surface area contributed by atoms with Crippen molar-refractivity contribution in [3.8, 4) is 0 Å². The molecule has 3 fully saturated rings. The number of nitrogens with one attached hydrogen (secondary N) is 2. The van der Waals surface area contributed by atoms with Crippen LogP contribution in [0.15, 0.2) is 24.3 Å². The number of hydrogen-bond donors (Lipinski definition) is 2. The van der Waals surface area contributed by atoms with Gasteiger partial charge in [-0.05, 0) is 56.2 Å². The zero-order valence-electron chi connectivity index (χ0n) is 13.5. The van der Waals surface area contributed by atoms with Gasteiger partial charge in [0.25, 0.3) is 0 Å². The van der Waals surface area contributed by atoms with Gasteiger partial charge in [0.05, 0.1) is 5.41 Å². The Balaban J connectivity index is 1.54. The summed E-state index contributed by atoms with van der Waals surface area (Å²) in [5.41, 5.74) is 0.728. The summed E-state index contributed by atoms with van der Waals surface area (Å²) in [6, 6.07) is 9.44. The predicted octanol–water partition coefficient (Wildman–Crippen LogP) is 3.55. The molecule has 0 radical (unpaired) electrons. The fourth-order valence-corrected chi connectivity index (χ4v) is 5.10. The monoisotopic (exact) mass is 332 g/mol. The van der Waals surface area contributed by atoms with Crippen LogP contribution in [0.25, 0.3) is 0 Å². The van der Waals surface area contributed by atoms with Gasteiger partial charge in [-0.3, -0.25) is 4.79 Å². The summed E-state index contributed by atoms with van der Waals surface area (Å²) in [6.07, 6.45) is 8.80. The molecule has 3 aliphatic rings. The van der Waals surface area contributed by atoms with Crippen molar-refractivity contribution in [2.24, 2.45) is 0 Å². The van der Waals surface area contributed by atoms with E-state index in [-0.39, 0.29) is 11.3 Å². The second kappa shape index (κ2) is 6.10. The van der Waals surface area contributed by atoms with Crippen LogP contribution in [-0.4, -0.2) is 24.0 Å². The Bertz CT molecular complexity index is 585. The summed E-state index contributed by atoms with van der Waals surface area (Å²) in [6.45, 7) is 0. The minimum atomic E-state index is -0.366. The van der Waals surface area contributed by atoms with E-state index in [1.165, 1.54) is 12.8 Å². The molecule has 2 saturated heterocycles. The highest BCUT2D eigenvalue weighted by Gasteiger charge is 2.44. The fraction of sp³-hybridized carbons (Fsp3) is 0.632. The lowest BCUT2D eigenvalue weighted by atomic mass is 9.77. The molecule has 1 amide bonds. The minimum Gasteiger partial charge on any atom is -0.352 e. The van der Waals surface area contributed by atoms with Gasteiger partial charge >= 0.3 is 0 Å². The molecule has 23 heavy (non-hydrogen) atoms. The molecule has 2 N–H and O–H groups in total. The molecule has 2 atom stereocenters. The van der Waals surface area contributed by atoms with Crippen molar-refractivity contribution in [2.45, 2.75) is 74.9 Å². The van der Waals surface area contributed by atoms with Crippen LogP contribution in [0.5, 0.6) is 0 Å².